The van der Waals surface area contributed by atoms with E-state index in [0.29, 0.717) is 27.8 Å². The van der Waals surface area contributed by atoms with Gasteiger partial charge in [0.15, 0.2) is 0 Å². The molecular formula is C17H13FN2O2S. The second-order valence-electron chi connectivity index (χ2n) is 4.84. The van der Waals surface area contributed by atoms with E-state index in [1.165, 1.54) is 17.4 Å². The third-order valence-electron chi connectivity index (χ3n) is 3.16. The van der Waals surface area contributed by atoms with Crippen molar-refractivity contribution in [1.29, 1.82) is 0 Å². The molecule has 6 heteroatoms. The number of aromatic nitrogens is 1. The quantitative estimate of drug-likeness (QED) is 0.759. The summed E-state index contributed by atoms with van der Waals surface area (Å²) < 4.78 is 19.0. The summed E-state index contributed by atoms with van der Waals surface area (Å²) in [6, 6.07) is 11.2. The number of nitrogens with zero attached hydrogens (tertiary/aromatic N) is 1. The Balaban J connectivity index is 1.68. The molecule has 0 saturated carbocycles. The van der Waals surface area contributed by atoms with E-state index in [9.17, 15) is 9.18 Å². The first-order valence-corrected chi connectivity index (χ1v) is 7.75. The average Bonchev–Trinajstić information content (AvgIpc) is 3.04. The first kappa shape index (κ1) is 15.2. The molecule has 3 rings (SSSR count). The number of carbonyl (C=O) groups is 1. The van der Waals surface area contributed by atoms with E-state index in [1.807, 2.05) is 5.38 Å². The number of halogens is 1. The van der Waals surface area contributed by atoms with E-state index in [0.717, 1.165) is 0 Å². The summed E-state index contributed by atoms with van der Waals surface area (Å²) in [6.45, 7) is 1.67. The zero-order chi connectivity index (χ0) is 16.2. The van der Waals surface area contributed by atoms with E-state index in [2.05, 4.69) is 10.3 Å². The summed E-state index contributed by atoms with van der Waals surface area (Å²) in [6.07, 6.45) is 1.66. The molecule has 0 aliphatic rings. The number of aryl methyl sites for hydroxylation is 1. The highest BCUT2D eigenvalue weighted by Gasteiger charge is 2.08. The highest BCUT2D eigenvalue weighted by atomic mass is 32.1. The van der Waals surface area contributed by atoms with Crippen molar-refractivity contribution >= 4 is 22.9 Å². The molecule has 0 spiro atoms. The number of carbonyl (C=O) groups excluding carboxylic acids is 1. The van der Waals surface area contributed by atoms with Crippen molar-refractivity contribution < 1.29 is 13.9 Å². The van der Waals surface area contributed by atoms with Gasteiger partial charge in [0, 0.05) is 22.8 Å². The second kappa shape index (κ2) is 6.58. The highest BCUT2D eigenvalue weighted by Crippen LogP contribution is 2.23. The van der Waals surface area contributed by atoms with Crippen LogP contribution in [0.25, 0.3) is 0 Å². The van der Waals surface area contributed by atoms with Crippen LogP contribution in [0.3, 0.4) is 0 Å². The average molecular weight is 328 g/mol. The standard InChI is InChI=1S/C17H13FN2O2S/c1-11-2-5-13(10-15(11)18)20-16(21)12-3-6-14(7-4-12)22-17-19-8-9-23-17/h2-10H,1H3,(H,20,21). The van der Waals surface area contributed by atoms with Crippen molar-refractivity contribution in [3.8, 4) is 10.9 Å². The fourth-order valence-corrected chi connectivity index (χ4v) is 2.41. The molecule has 1 heterocycles. The number of hydrogen-bond acceptors (Lipinski definition) is 4. The minimum absolute atomic E-state index is 0.311. The molecule has 116 valence electrons. The van der Waals surface area contributed by atoms with Crippen LogP contribution in [0.2, 0.25) is 0 Å². The van der Waals surface area contributed by atoms with E-state index in [-0.39, 0.29) is 11.7 Å². The maximum absolute atomic E-state index is 13.5. The van der Waals surface area contributed by atoms with Gasteiger partial charge in [0.1, 0.15) is 11.6 Å². The van der Waals surface area contributed by atoms with Gasteiger partial charge in [-0.3, -0.25) is 4.79 Å². The van der Waals surface area contributed by atoms with Crippen molar-refractivity contribution in [3.63, 3.8) is 0 Å². The predicted octanol–water partition coefficient (Wildman–Crippen LogP) is 4.64. The largest absolute Gasteiger partial charge is 0.431 e. The summed E-state index contributed by atoms with van der Waals surface area (Å²) in [5.41, 5.74) is 1.41. The van der Waals surface area contributed by atoms with Crippen LogP contribution >= 0.6 is 11.3 Å². The summed E-state index contributed by atoms with van der Waals surface area (Å²) in [4.78, 5) is 16.2. The Labute approximate surface area is 136 Å². The highest BCUT2D eigenvalue weighted by molar-refractivity contribution is 7.11. The molecule has 1 N–H and O–H groups in total. The lowest BCUT2D eigenvalue weighted by Gasteiger charge is -2.07. The van der Waals surface area contributed by atoms with E-state index < -0.39 is 0 Å². The minimum atomic E-state index is -0.352. The fourth-order valence-electron chi connectivity index (χ4n) is 1.91. The maximum Gasteiger partial charge on any atom is 0.278 e. The van der Waals surface area contributed by atoms with Crippen molar-refractivity contribution in [2.75, 3.05) is 5.32 Å². The molecule has 1 amide bonds. The molecule has 2 aromatic carbocycles. The molecule has 0 saturated heterocycles. The lowest BCUT2D eigenvalue weighted by atomic mass is 10.2. The SMILES string of the molecule is Cc1ccc(NC(=O)c2ccc(Oc3nccs3)cc2)cc1F. The van der Waals surface area contributed by atoms with Crippen molar-refractivity contribution in [3.05, 3.63) is 71.0 Å². The summed E-state index contributed by atoms with van der Waals surface area (Å²) in [5, 5.41) is 5.02. The second-order valence-corrected chi connectivity index (χ2v) is 5.70. The van der Waals surface area contributed by atoms with Gasteiger partial charge in [0.05, 0.1) is 0 Å². The molecular weight excluding hydrogens is 315 g/mol. The van der Waals surface area contributed by atoms with Gasteiger partial charge < -0.3 is 10.1 Å². The normalized spacial score (nSPS) is 10.3. The van der Waals surface area contributed by atoms with Crippen molar-refractivity contribution in [2.45, 2.75) is 6.92 Å². The van der Waals surface area contributed by atoms with E-state index >= 15 is 0 Å². The van der Waals surface area contributed by atoms with Crippen molar-refractivity contribution in [2.24, 2.45) is 0 Å². The topological polar surface area (TPSA) is 51.2 Å². The number of amides is 1. The molecule has 23 heavy (non-hydrogen) atoms. The van der Waals surface area contributed by atoms with Gasteiger partial charge >= 0.3 is 0 Å². The lowest BCUT2D eigenvalue weighted by molar-refractivity contribution is 0.102. The number of ether oxygens (including phenoxy) is 1. The van der Waals surface area contributed by atoms with E-state index in [4.69, 9.17) is 4.74 Å². The van der Waals surface area contributed by atoms with Crippen LogP contribution < -0.4 is 10.1 Å². The minimum Gasteiger partial charge on any atom is -0.431 e. The number of anilines is 1. The number of benzene rings is 2. The molecule has 0 aliphatic heterocycles. The molecule has 0 atom stereocenters. The molecule has 4 nitrogen and oxygen atoms in total. The Bertz CT molecular complexity index is 817. The van der Waals surface area contributed by atoms with Gasteiger partial charge in [0.25, 0.3) is 11.1 Å². The van der Waals surface area contributed by atoms with Crippen LogP contribution in [-0.4, -0.2) is 10.9 Å². The molecule has 0 aliphatic carbocycles. The Morgan fingerprint density at radius 1 is 1.22 bits per heavy atom. The molecule has 0 unspecified atom stereocenters. The summed E-state index contributed by atoms with van der Waals surface area (Å²) in [7, 11) is 0. The van der Waals surface area contributed by atoms with E-state index in [1.54, 1.807) is 49.5 Å². The van der Waals surface area contributed by atoms with Crippen LogP contribution in [0.15, 0.2) is 54.0 Å². The van der Waals surface area contributed by atoms with Crippen LogP contribution in [0.1, 0.15) is 15.9 Å². The Morgan fingerprint density at radius 3 is 2.65 bits per heavy atom. The first-order valence-electron chi connectivity index (χ1n) is 6.87. The maximum atomic E-state index is 13.5. The van der Waals surface area contributed by atoms with Gasteiger partial charge in [-0.2, -0.15) is 0 Å². The number of nitrogens with one attached hydrogen (secondary N) is 1. The third-order valence-corrected chi connectivity index (χ3v) is 3.81. The van der Waals surface area contributed by atoms with Gasteiger partial charge in [-0.05, 0) is 48.9 Å². The molecule has 1 aromatic heterocycles. The number of thiazole rings is 1. The number of rotatable bonds is 4. The van der Waals surface area contributed by atoms with Gasteiger partial charge in [0.2, 0.25) is 0 Å². The molecule has 0 fully saturated rings. The Kier molecular flexibility index (Phi) is 4.34. The summed E-state index contributed by atoms with van der Waals surface area (Å²) in [5.74, 6) is -0.0677. The lowest BCUT2D eigenvalue weighted by Crippen LogP contribution is -2.11. The Morgan fingerprint density at radius 2 is 2.00 bits per heavy atom. The zero-order valence-corrected chi connectivity index (χ0v) is 13.1. The third kappa shape index (κ3) is 3.73. The van der Waals surface area contributed by atoms with Gasteiger partial charge in [-0.15, -0.1) is 0 Å². The monoisotopic (exact) mass is 328 g/mol. The van der Waals surface area contributed by atoms with Gasteiger partial charge in [-0.25, -0.2) is 9.37 Å². The molecule has 0 radical (unpaired) electrons. The molecule has 3 aromatic rings. The van der Waals surface area contributed by atoms with Crippen molar-refractivity contribution in [1.82, 2.24) is 4.98 Å². The molecule has 0 bridgehead atoms. The van der Waals surface area contributed by atoms with Gasteiger partial charge in [-0.1, -0.05) is 17.4 Å². The smallest absolute Gasteiger partial charge is 0.278 e. The predicted molar refractivity (Wildman–Crippen MR) is 87.7 cm³/mol. The number of hydrogen-bond donors (Lipinski definition) is 1. The Hall–Kier alpha value is -2.73. The summed E-state index contributed by atoms with van der Waals surface area (Å²) >= 11 is 1.38. The zero-order valence-electron chi connectivity index (χ0n) is 12.2. The van der Waals surface area contributed by atoms with Crippen LogP contribution in [-0.2, 0) is 0 Å². The fraction of sp³-hybridized carbons (Fsp3) is 0.0588. The van der Waals surface area contributed by atoms with Crippen LogP contribution in [0.5, 0.6) is 10.9 Å². The van der Waals surface area contributed by atoms with Crippen LogP contribution in [0, 0.1) is 12.7 Å². The van der Waals surface area contributed by atoms with Crippen LogP contribution in [0.4, 0.5) is 10.1 Å². The first-order chi connectivity index (χ1) is 11.1.